The van der Waals surface area contributed by atoms with Crippen LogP contribution in [0.25, 0.3) is 0 Å². The van der Waals surface area contributed by atoms with Gasteiger partial charge in [0.05, 0.1) is 0 Å². The summed E-state index contributed by atoms with van der Waals surface area (Å²) in [6.07, 6.45) is 7.44. The van der Waals surface area contributed by atoms with E-state index in [2.05, 4.69) is 40.3 Å². The molecule has 1 aliphatic heterocycles. The van der Waals surface area contributed by atoms with Crippen molar-refractivity contribution in [3.8, 4) is 0 Å². The van der Waals surface area contributed by atoms with Crippen LogP contribution < -0.4 is 11.1 Å². The van der Waals surface area contributed by atoms with Gasteiger partial charge in [-0.1, -0.05) is 13.0 Å². The van der Waals surface area contributed by atoms with Crippen molar-refractivity contribution in [3.63, 3.8) is 0 Å². The molecule has 1 heterocycles. The highest BCUT2D eigenvalue weighted by Crippen LogP contribution is 2.24. The molecule has 3 rings (SSSR count). The first-order valence-corrected chi connectivity index (χ1v) is 9.12. The Kier molecular flexibility index (Phi) is 5.55. The number of aliphatic imine (C=N–C) groups is 1. The minimum absolute atomic E-state index is 0.537. The van der Waals surface area contributed by atoms with Gasteiger partial charge in [-0.3, -0.25) is 4.99 Å². The Bertz CT molecular complexity index is 544. The second kappa shape index (κ2) is 7.82. The standard InChI is InChI=1S/C19H30N4/c1-15-8-12-23(13-9-15)11-3-10-21-19(20)22-18-7-6-16-4-2-5-17(16)14-18/h6-7,14-15H,2-5,8-13H2,1H3,(H3,20,21,22). The second-order valence-corrected chi connectivity index (χ2v) is 7.11. The fourth-order valence-electron chi connectivity index (χ4n) is 3.62. The molecule has 1 fully saturated rings. The lowest BCUT2D eigenvalue weighted by molar-refractivity contribution is 0.192. The van der Waals surface area contributed by atoms with Gasteiger partial charge in [0.2, 0.25) is 0 Å². The van der Waals surface area contributed by atoms with E-state index in [1.165, 1.54) is 56.3 Å². The van der Waals surface area contributed by atoms with E-state index in [0.717, 1.165) is 31.1 Å². The summed E-state index contributed by atoms with van der Waals surface area (Å²) in [5.74, 6) is 1.44. The van der Waals surface area contributed by atoms with E-state index in [4.69, 9.17) is 5.73 Å². The van der Waals surface area contributed by atoms with Crippen molar-refractivity contribution >= 4 is 11.6 Å². The highest BCUT2D eigenvalue weighted by Gasteiger charge is 2.14. The van der Waals surface area contributed by atoms with Crippen molar-refractivity contribution in [1.82, 2.24) is 4.90 Å². The molecule has 1 aromatic carbocycles. The molecule has 1 aliphatic carbocycles. The van der Waals surface area contributed by atoms with Crippen LogP contribution in [0.1, 0.15) is 43.7 Å². The number of fused-ring (bicyclic) bond motifs is 1. The van der Waals surface area contributed by atoms with Gasteiger partial charge in [0.15, 0.2) is 5.96 Å². The first-order chi connectivity index (χ1) is 11.2. The number of benzene rings is 1. The van der Waals surface area contributed by atoms with Gasteiger partial charge in [-0.25, -0.2) is 0 Å². The van der Waals surface area contributed by atoms with Gasteiger partial charge in [-0.15, -0.1) is 0 Å². The lowest BCUT2D eigenvalue weighted by Gasteiger charge is -2.29. The Morgan fingerprint density at radius 3 is 2.87 bits per heavy atom. The molecular weight excluding hydrogens is 284 g/mol. The zero-order valence-electron chi connectivity index (χ0n) is 14.4. The Balaban J connectivity index is 1.40. The number of aryl methyl sites for hydroxylation is 2. The first kappa shape index (κ1) is 16.3. The van der Waals surface area contributed by atoms with Crippen LogP contribution in [0.5, 0.6) is 0 Å². The van der Waals surface area contributed by atoms with Gasteiger partial charge in [0.1, 0.15) is 0 Å². The third-order valence-electron chi connectivity index (χ3n) is 5.16. The van der Waals surface area contributed by atoms with Crippen molar-refractivity contribution in [3.05, 3.63) is 29.3 Å². The number of nitrogens with one attached hydrogen (secondary N) is 1. The number of guanidine groups is 1. The van der Waals surface area contributed by atoms with Crippen LogP contribution in [0.4, 0.5) is 5.69 Å². The maximum Gasteiger partial charge on any atom is 0.193 e. The van der Waals surface area contributed by atoms with Crippen LogP contribution in [0.2, 0.25) is 0 Å². The van der Waals surface area contributed by atoms with Gasteiger partial charge in [0, 0.05) is 12.2 Å². The quantitative estimate of drug-likeness (QED) is 0.499. The average molecular weight is 314 g/mol. The Morgan fingerprint density at radius 1 is 1.26 bits per heavy atom. The van der Waals surface area contributed by atoms with Crippen molar-refractivity contribution in [2.24, 2.45) is 16.6 Å². The highest BCUT2D eigenvalue weighted by atomic mass is 15.1. The molecular formula is C19H30N4. The van der Waals surface area contributed by atoms with E-state index in [-0.39, 0.29) is 0 Å². The van der Waals surface area contributed by atoms with Gasteiger partial charge in [-0.05, 0) is 87.3 Å². The number of rotatable bonds is 5. The SMILES string of the molecule is CC1CCN(CCCN=C(N)Nc2ccc3c(c2)CCC3)CC1. The van der Waals surface area contributed by atoms with E-state index >= 15 is 0 Å². The van der Waals surface area contributed by atoms with Crippen LogP contribution in [0.15, 0.2) is 23.2 Å². The third-order valence-corrected chi connectivity index (χ3v) is 5.16. The summed E-state index contributed by atoms with van der Waals surface area (Å²) in [5.41, 5.74) is 10.0. The van der Waals surface area contributed by atoms with Gasteiger partial charge >= 0.3 is 0 Å². The predicted molar refractivity (Wildman–Crippen MR) is 98.0 cm³/mol. The number of piperidine rings is 1. The van der Waals surface area contributed by atoms with Gasteiger partial charge in [-0.2, -0.15) is 0 Å². The van der Waals surface area contributed by atoms with Gasteiger partial charge in [0.25, 0.3) is 0 Å². The lowest BCUT2D eigenvalue weighted by Crippen LogP contribution is -2.34. The molecule has 4 nitrogen and oxygen atoms in total. The number of anilines is 1. The molecule has 1 saturated heterocycles. The lowest BCUT2D eigenvalue weighted by atomic mass is 9.99. The van der Waals surface area contributed by atoms with Crippen LogP contribution in [-0.4, -0.2) is 37.0 Å². The molecule has 0 spiro atoms. The monoisotopic (exact) mass is 314 g/mol. The third kappa shape index (κ3) is 4.71. The van der Waals surface area contributed by atoms with Crippen molar-refractivity contribution in [2.75, 3.05) is 31.5 Å². The zero-order valence-corrected chi connectivity index (χ0v) is 14.4. The fraction of sp³-hybridized carbons (Fsp3) is 0.632. The second-order valence-electron chi connectivity index (χ2n) is 7.11. The molecule has 0 radical (unpaired) electrons. The summed E-state index contributed by atoms with van der Waals surface area (Å²) >= 11 is 0. The minimum Gasteiger partial charge on any atom is -0.370 e. The number of nitrogens with two attached hydrogens (primary N) is 1. The summed E-state index contributed by atoms with van der Waals surface area (Å²) in [5, 5.41) is 3.23. The average Bonchev–Trinajstić information content (AvgIpc) is 3.01. The molecule has 0 aromatic heterocycles. The highest BCUT2D eigenvalue weighted by molar-refractivity contribution is 5.92. The first-order valence-electron chi connectivity index (χ1n) is 9.12. The van der Waals surface area contributed by atoms with Crippen LogP contribution in [0.3, 0.4) is 0 Å². The maximum absolute atomic E-state index is 6.01. The van der Waals surface area contributed by atoms with E-state index < -0.39 is 0 Å². The smallest absolute Gasteiger partial charge is 0.193 e. The zero-order chi connectivity index (χ0) is 16.1. The molecule has 0 saturated carbocycles. The summed E-state index contributed by atoms with van der Waals surface area (Å²) in [6.45, 7) is 6.78. The molecule has 4 heteroatoms. The molecule has 126 valence electrons. The molecule has 2 aliphatic rings. The van der Waals surface area contributed by atoms with Crippen molar-refractivity contribution in [2.45, 2.75) is 45.4 Å². The fourth-order valence-corrected chi connectivity index (χ4v) is 3.62. The summed E-state index contributed by atoms with van der Waals surface area (Å²) in [7, 11) is 0. The molecule has 0 unspecified atom stereocenters. The Morgan fingerprint density at radius 2 is 2.04 bits per heavy atom. The topological polar surface area (TPSA) is 53.6 Å². The molecule has 23 heavy (non-hydrogen) atoms. The largest absolute Gasteiger partial charge is 0.370 e. The summed E-state index contributed by atoms with van der Waals surface area (Å²) in [6, 6.07) is 6.55. The van der Waals surface area contributed by atoms with Crippen molar-refractivity contribution in [1.29, 1.82) is 0 Å². The van der Waals surface area contributed by atoms with Crippen LogP contribution in [0, 0.1) is 5.92 Å². The van der Waals surface area contributed by atoms with E-state index in [1.807, 2.05) is 0 Å². The number of hydrogen-bond donors (Lipinski definition) is 2. The van der Waals surface area contributed by atoms with E-state index in [9.17, 15) is 0 Å². The molecule has 0 amide bonds. The molecule has 1 aromatic rings. The number of likely N-dealkylation sites (tertiary alicyclic amines) is 1. The Hall–Kier alpha value is -1.55. The maximum atomic E-state index is 6.01. The molecule has 0 bridgehead atoms. The molecule has 0 atom stereocenters. The minimum atomic E-state index is 0.537. The number of nitrogens with zero attached hydrogens (tertiary/aromatic N) is 2. The van der Waals surface area contributed by atoms with Crippen LogP contribution >= 0.6 is 0 Å². The van der Waals surface area contributed by atoms with Gasteiger partial charge < -0.3 is 16.0 Å². The Labute approximate surface area is 140 Å². The number of hydrogen-bond acceptors (Lipinski definition) is 2. The van der Waals surface area contributed by atoms with Crippen molar-refractivity contribution < 1.29 is 0 Å². The summed E-state index contributed by atoms with van der Waals surface area (Å²) in [4.78, 5) is 7.02. The molecule has 3 N–H and O–H groups in total. The summed E-state index contributed by atoms with van der Waals surface area (Å²) < 4.78 is 0. The van der Waals surface area contributed by atoms with Crippen LogP contribution in [-0.2, 0) is 12.8 Å². The van der Waals surface area contributed by atoms with E-state index in [0.29, 0.717) is 5.96 Å². The predicted octanol–water partition coefficient (Wildman–Crippen LogP) is 3.02. The normalized spacial score (nSPS) is 19.8. The van der Waals surface area contributed by atoms with E-state index in [1.54, 1.807) is 0 Å².